The Bertz CT molecular complexity index is 202. The molecule has 0 amide bonds. The monoisotopic (exact) mass is 212 g/mol. The van der Waals surface area contributed by atoms with Crippen molar-refractivity contribution in [2.24, 2.45) is 5.92 Å². The van der Waals surface area contributed by atoms with Crippen LogP contribution in [0.4, 0.5) is 0 Å². The number of likely N-dealkylation sites (tertiary alicyclic amines) is 1. The van der Waals surface area contributed by atoms with Crippen LogP contribution >= 0.6 is 0 Å². The van der Waals surface area contributed by atoms with Gasteiger partial charge in [0.15, 0.2) is 0 Å². The van der Waals surface area contributed by atoms with Crippen molar-refractivity contribution in [1.82, 2.24) is 10.2 Å². The van der Waals surface area contributed by atoms with Crippen LogP contribution in [-0.4, -0.2) is 49.8 Å². The fourth-order valence-electron chi connectivity index (χ4n) is 3.04. The lowest BCUT2D eigenvalue weighted by Crippen LogP contribution is -2.66. The molecule has 2 atom stereocenters. The highest BCUT2D eigenvalue weighted by Crippen LogP contribution is 2.33. The highest BCUT2D eigenvalue weighted by molar-refractivity contribution is 4.99. The van der Waals surface area contributed by atoms with Gasteiger partial charge in [-0.2, -0.15) is 0 Å². The number of rotatable bonds is 3. The number of methoxy groups -OCH3 is 1. The molecule has 2 saturated heterocycles. The highest BCUT2D eigenvalue weighted by atomic mass is 16.5. The first-order chi connectivity index (χ1) is 7.24. The predicted molar refractivity (Wildman–Crippen MR) is 62.0 cm³/mol. The Labute approximate surface area is 93.2 Å². The molecular weight excluding hydrogens is 188 g/mol. The maximum atomic E-state index is 5.57. The van der Waals surface area contributed by atoms with Gasteiger partial charge < -0.3 is 10.1 Å². The summed E-state index contributed by atoms with van der Waals surface area (Å²) < 4.78 is 5.57. The van der Waals surface area contributed by atoms with Crippen LogP contribution < -0.4 is 5.32 Å². The molecule has 0 aromatic carbocycles. The summed E-state index contributed by atoms with van der Waals surface area (Å²) in [6.45, 7) is 8.08. The molecule has 2 aliphatic rings. The van der Waals surface area contributed by atoms with Crippen LogP contribution in [0.5, 0.6) is 0 Å². The fourth-order valence-corrected chi connectivity index (χ4v) is 3.04. The van der Waals surface area contributed by atoms with Gasteiger partial charge in [-0.15, -0.1) is 0 Å². The van der Waals surface area contributed by atoms with E-state index >= 15 is 0 Å². The molecule has 88 valence electrons. The van der Waals surface area contributed by atoms with Gasteiger partial charge in [0.05, 0.1) is 6.10 Å². The van der Waals surface area contributed by atoms with E-state index < -0.39 is 0 Å². The van der Waals surface area contributed by atoms with E-state index in [1.807, 2.05) is 7.11 Å². The molecule has 0 bridgehead atoms. The molecule has 3 heteroatoms. The lowest BCUT2D eigenvalue weighted by atomic mass is 9.80. The third-order valence-electron chi connectivity index (χ3n) is 3.99. The van der Waals surface area contributed by atoms with E-state index in [2.05, 4.69) is 24.1 Å². The van der Waals surface area contributed by atoms with Gasteiger partial charge in [-0.05, 0) is 45.7 Å². The van der Waals surface area contributed by atoms with Crippen molar-refractivity contribution in [3.8, 4) is 0 Å². The van der Waals surface area contributed by atoms with E-state index in [1.165, 1.54) is 25.9 Å². The van der Waals surface area contributed by atoms with Gasteiger partial charge in [0.25, 0.3) is 0 Å². The van der Waals surface area contributed by atoms with Crippen LogP contribution in [0.1, 0.15) is 26.7 Å². The van der Waals surface area contributed by atoms with E-state index in [4.69, 9.17) is 4.74 Å². The van der Waals surface area contributed by atoms with Crippen molar-refractivity contribution in [2.75, 3.05) is 26.7 Å². The largest absolute Gasteiger partial charge is 0.378 e. The Balaban J connectivity index is 1.95. The lowest BCUT2D eigenvalue weighted by molar-refractivity contribution is -0.125. The summed E-state index contributed by atoms with van der Waals surface area (Å²) >= 11 is 0. The van der Waals surface area contributed by atoms with Gasteiger partial charge in [0.2, 0.25) is 0 Å². The molecular formula is C12H24N2O. The molecule has 0 aromatic rings. The average Bonchev–Trinajstić information content (AvgIpc) is 2.18. The summed E-state index contributed by atoms with van der Waals surface area (Å²) in [5.41, 5.74) is 0. The van der Waals surface area contributed by atoms with Gasteiger partial charge in [0, 0.05) is 25.7 Å². The Kier molecular flexibility index (Phi) is 3.65. The van der Waals surface area contributed by atoms with Gasteiger partial charge in [-0.3, -0.25) is 4.90 Å². The van der Waals surface area contributed by atoms with Crippen molar-refractivity contribution >= 4 is 0 Å². The molecule has 0 aliphatic carbocycles. The second-order valence-electron chi connectivity index (χ2n) is 5.14. The van der Waals surface area contributed by atoms with Crippen molar-refractivity contribution < 1.29 is 4.74 Å². The zero-order chi connectivity index (χ0) is 10.8. The highest BCUT2D eigenvalue weighted by Gasteiger charge is 2.44. The van der Waals surface area contributed by atoms with Gasteiger partial charge in [-0.1, -0.05) is 0 Å². The summed E-state index contributed by atoms with van der Waals surface area (Å²) in [6.07, 6.45) is 3.11. The first-order valence-electron chi connectivity index (χ1n) is 6.23. The van der Waals surface area contributed by atoms with E-state index in [-0.39, 0.29) is 0 Å². The maximum absolute atomic E-state index is 5.57. The van der Waals surface area contributed by atoms with Crippen molar-refractivity contribution in [3.05, 3.63) is 0 Å². The quantitative estimate of drug-likeness (QED) is 0.758. The molecule has 2 rings (SSSR count). The second kappa shape index (κ2) is 4.81. The molecule has 0 saturated carbocycles. The predicted octanol–water partition coefficient (Wildman–Crippen LogP) is 1.09. The van der Waals surface area contributed by atoms with Crippen LogP contribution in [0.2, 0.25) is 0 Å². The van der Waals surface area contributed by atoms with Gasteiger partial charge in [-0.25, -0.2) is 0 Å². The SMILES string of the molecule is COC1CN(C(C)C)C1C1CCNCC1. The number of piperidine rings is 1. The zero-order valence-electron chi connectivity index (χ0n) is 10.2. The number of hydrogen-bond donors (Lipinski definition) is 1. The van der Waals surface area contributed by atoms with Crippen LogP contribution in [0.3, 0.4) is 0 Å². The fraction of sp³-hybridized carbons (Fsp3) is 1.00. The van der Waals surface area contributed by atoms with Crippen molar-refractivity contribution in [1.29, 1.82) is 0 Å². The molecule has 0 spiro atoms. The van der Waals surface area contributed by atoms with Crippen LogP contribution in [0.15, 0.2) is 0 Å². The molecule has 2 unspecified atom stereocenters. The molecule has 2 aliphatic heterocycles. The summed E-state index contributed by atoms with van der Waals surface area (Å²) in [4.78, 5) is 2.60. The lowest BCUT2D eigenvalue weighted by Gasteiger charge is -2.53. The van der Waals surface area contributed by atoms with Crippen LogP contribution in [0.25, 0.3) is 0 Å². The van der Waals surface area contributed by atoms with Crippen LogP contribution in [-0.2, 0) is 4.74 Å². The normalized spacial score (nSPS) is 34.4. The van der Waals surface area contributed by atoms with E-state index in [0.29, 0.717) is 18.2 Å². The maximum Gasteiger partial charge on any atom is 0.0856 e. The van der Waals surface area contributed by atoms with Crippen LogP contribution in [0, 0.1) is 5.92 Å². The third-order valence-corrected chi connectivity index (χ3v) is 3.99. The zero-order valence-corrected chi connectivity index (χ0v) is 10.2. The smallest absolute Gasteiger partial charge is 0.0856 e. The Hall–Kier alpha value is -0.120. The molecule has 15 heavy (non-hydrogen) atoms. The summed E-state index contributed by atoms with van der Waals surface area (Å²) in [5.74, 6) is 0.840. The first-order valence-corrected chi connectivity index (χ1v) is 6.23. The van der Waals surface area contributed by atoms with E-state index in [9.17, 15) is 0 Å². The van der Waals surface area contributed by atoms with E-state index in [0.717, 1.165) is 12.5 Å². The number of nitrogens with zero attached hydrogens (tertiary/aromatic N) is 1. The summed E-state index contributed by atoms with van der Waals surface area (Å²) in [7, 11) is 1.86. The summed E-state index contributed by atoms with van der Waals surface area (Å²) in [6, 6.07) is 1.34. The average molecular weight is 212 g/mol. The number of nitrogens with one attached hydrogen (secondary N) is 1. The standard InChI is InChI=1S/C12H24N2O/c1-9(2)14-8-11(15-3)12(14)10-4-6-13-7-5-10/h9-13H,4-8H2,1-3H3. The van der Waals surface area contributed by atoms with Crippen molar-refractivity contribution in [2.45, 2.75) is 44.9 Å². The number of hydrogen-bond acceptors (Lipinski definition) is 3. The topological polar surface area (TPSA) is 24.5 Å². The van der Waals surface area contributed by atoms with Gasteiger partial charge >= 0.3 is 0 Å². The number of ether oxygens (including phenoxy) is 1. The van der Waals surface area contributed by atoms with Crippen molar-refractivity contribution in [3.63, 3.8) is 0 Å². The summed E-state index contributed by atoms with van der Waals surface area (Å²) in [5, 5.41) is 3.44. The molecule has 0 aromatic heterocycles. The molecule has 0 radical (unpaired) electrons. The Morgan fingerprint density at radius 2 is 1.93 bits per heavy atom. The minimum absolute atomic E-state index is 0.482. The molecule has 3 nitrogen and oxygen atoms in total. The molecule has 1 N–H and O–H groups in total. The molecule has 2 heterocycles. The minimum atomic E-state index is 0.482. The van der Waals surface area contributed by atoms with E-state index in [1.54, 1.807) is 0 Å². The molecule has 2 fully saturated rings. The second-order valence-corrected chi connectivity index (χ2v) is 5.14. The Morgan fingerprint density at radius 1 is 1.27 bits per heavy atom. The minimum Gasteiger partial charge on any atom is -0.378 e. The van der Waals surface area contributed by atoms with Gasteiger partial charge in [0.1, 0.15) is 0 Å². The first kappa shape index (κ1) is 11.4. The third kappa shape index (κ3) is 2.19. The Morgan fingerprint density at radius 3 is 2.47 bits per heavy atom.